The molecule has 1 heterocycles. The molecule has 1 saturated carbocycles. The minimum absolute atomic E-state index is 0.0854. The maximum Gasteiger partial charge on any atom is 0.255 e. The van der Waals surface area contributed by atoms with Gasteiger partial charge in [-0.1, -0.05) is 49.2 Å². The van der Waals surface area contributed by atoms with E-state index < -0.39 is 0 Å². The van der Waals surface area contributed by atoms with Crippen LogP contribution in [0.4, 0.5) is 0 Å². The van der Waals surface area contributed by atoms with Crippen LogP contribution in [-0.4, -0.2) is 37.0 Å². The molecular weight excluding hydrogens is 376 g/mol. The van der Waals surface area contributed by atoms with Crippen molar-refractivity contribution >= 4 is 16.9 Å². The Labute approximate surface area is 176 Å². The fourth-order valence-corrected chi connectivity index (χ4v) is 4.50. The third-order valence-electron chi connectivity index (χ3n) is 6.13. The van der Waals surface area contributed by atoms with Crippen LogP contribution in [0.25, 0.3) is 22.3 Å². The van der Waals surface area contributed by atoms with Crippen LogP contribution < -0.4 is 10.7 Å². The average molecular weight is 405 g/mol. The molecule has 0 radical (unpaired) electrons. The summed E-state index contributed by atoms with van der Waals surface area (Å²) in [5.74, 6) is 0.322. The molecule has 5 nitrogen and oxygen atoms in total. The molecule has 156 valence electrons. The Morgan fingerprint density at radius 2 is 1.77 bits per heavy atom. The summed E-state index contributed by atoms with van der Waals surface area (Å²) < 4.78 is 6.20. The first kappa shape index (κ1) is 20.4. The van der Waals surface area contributed by atoms with Crippen LogP contribution in [0.3, 0.4) is 0 Å². The van der Waals surface area contributed by atoms with Gasteiger partial charge < -0.3 is 14.6 Å². The highest BCUT2D eigenvalue weighted by atomic mass is 16.3. The summed E-state index contributed by atoms with van der Waals surface area (Å²) in [5.41, 5.74) is 2.02. The number of nitrogens with one attached hydrogen (secondary N) is 1. The van der Waals surface area contributed by atoms with E-state index in [0.717, 1.165) is 24.8 Å². The predicted octanol–water partition coefficient (Wildman–Crippen LogP) is 4.37. The van der Waals surface area contributed by atoms with Crippen LogP contribution in [0.2, 0.25) is 0 Å². The summed E-state index contributed by atoms with van der Waals surface area (Å²) in [6.45, 7) is 1.77. The molecule has 1 aliphatic carbocycles. The van der Waals surface area contributed by atoms with E-state index in [4.69, 9.17) is 4.42 Å². The number of fused-ring (bicyclic) bond motifs is 1. The molecule has 0 aliphatic heterocycles. The largest absolute Gasteiger partial charge is 0.455 e. The Morgan fingerprint density at radius 3 is 2.50 bits per heavy atom. The second-order valence-corrected chi connectivity index (χ2v) is 8.33. The number of nitrogens with zero attached hydrogens (tertiary/aromatic N) is 1. The van der Waals surface area contributed by atoms with E-state index in [-0.39, 0.29) is 17.4 Å². The third-order valence-corrected chi connectivity index (χ3v) is 6.13. The standard InChI is InChI=1S/C25H28N2O3/c1-16-22(28)18-12-9-13-19(24(18)30-23(16)17-10-5-4-6-11-17)25(29)26-20-14-7-8-15-21(20)27(2)3/h4-6,9-13,20-21H,7-8,14-15H2,1-3H3,(H,26,29). The van der Waals surface area contributed by atoms with Crippen molar-refractivity contribution in [3.63, 3.8) is 0 Å². The van der Waals surface area contributed by atoms with Crippen LogP contribution >= 0.6 is 0 Å². The molecule has 30 heavy (non-hydrogen) atoms. The van der Waals surface area contributed by atoms with Crippen LogP contribution in [0.15, 0.2) is 57.7 Å². The molecule has 2 aromatic carbocycles. The van der Waals surface area contributed by atoms with E-state index in [1.165, 1.54) is 6.42 Å². The van der Waals surface area contributed by atoms with Gasteiger partial charge in [0.25, 0.3) is 5.91 Å². The summed E-state index contributed by atoms with van der Waals surface area (Å²) in [5, 5.41) is 3.65. The lowest BCUT2D eigenvalue weighted by molar-refractivity contribution is 0.0883. The molecule has 2 atom stereocenters. The molecular formula is C25H28N2O3. The van der Waals surface area contributed by atoms with Gasteiger partial charge in [0, 0.05) is 23.2 Å². The van der Waals surface area contributed by atoms with Crippen molar-refractivity contribution in [1.29, 1.82) is 0 Å². The molecule has 0 bridgehead atoms. The first-order valence-corrected chi connectivity index (χ1v) is 10.6. The van der Waals surface area contributed by atoms with Crippen molar-refractivity contribution in [3.8, 4) is 11.3 Å². The highest BCUT2D eigenvalue weighted by molar-refractivity contribution is 6.05. The minimum atomic E-state index is -0.189. The molecule has 1 aromatic heterocycles. The van der Waals surface area contributed by atoms with Crippen molar-refractivity contribution in [3.05, 3.63) is 69.9 Å². The molecule has 5 heteroatoms. The second-order valence-electron chi connectivity index (χ2n) is 8.33. The Hall–Kier alpha value is -2.92. The Bertz CT molecular complexity index is 1120. The number of likely N-dealkylation sites (N-methyl/N-ethyl adjacent to an activating group) is 1. The van der Waals surface area contributed by atoms with Crippen molar-refractivity contribution in [2.45, 2.75) is 44.7 Å². The lowest BCUT2D eigenvalue weighted by Gasteiger charge is -2.36. The molecule has 0 spiro atoms. The lowest BCUT2D eigenvalue weighted by Crippen LogP contribution is -2.51. The smallest absolute Gasteiger partial charge is 0.255 e. The highest BCUT2D eigenvalue weighted by Gasteiger charge is 2.29. The molecule has 1 aliphatic rings. The van der Waals surface area contributed by atoms with Crippen molar-refractivity contribution < 1.29 is 9.21 Å². The zero-order chi connectivity index (χ0) is 21.3. The molecule has 1 amide bonds. The number of carbonyl (C=O) groups is 1. The maximum absolute atomic E-state index is 13.2. The topological polar surface area (TPSA) is 62.6 Å². The summed E-state index contributed by atoms with van der Waals surface area (Å²) in [7, 11) is 4.11. The monoisotopic (exact) mass is 404 g/mol. The normalized spacial score (nSPS) is 19.2. The van der Waals surface area contributed by atoms with Gasteiger partial charge in [-0.3, -0.25) is 9.59 Å². The Kier molecular flexibility index (Phi) is 5.73. The van der Waals surface area contributed by atoms with E-state index in [2.05, 4.69) is 24.3 Å². The first-order valence-electron chi connectivity index (χ1n) is 10.6. The van der Waals surface area contributed by atoms with Gasteiger partial charge >= 0.3 is 0 Å². The van der Waals surface area contributed by atoms with Gasteiger partial charge in [0.05, 0.1) is 10.9 Å². The van der Waals surface area contributed by atoms with Gasteiger partial charge in [-0.25, -0.2) is 0 Å². The van der Waals surface area contributed by atoms with Gasteiger partial charge in [-0.2, -0.15) is 0 Å². The molecule has 2 unspecified atom stereocenters. The fourth-order valence-electron chi connectivity index (χ4n) is 4.50. The van der Waals surface area contributed by atoms with E-state index in [1.54, 1.807) is 25.1 Å². The molecule has 3 aromatic rings. The van der Waals surface area contributed by atoms with Crippen molar-refractivity contribution in [2.75, 3.05) is 14.1 Å². The van der Waals surface area contributed by atoms with Crippen molar-refractivity contribution in [2.24, 2.45) is 0 Å². The zero-order valence-electron chi connectivity index (χ0n) is 17.8. The van der Waals surface area contributed by atoms with Gasteiger partial charge in [-0.05, 0) is 46.0 Å². The molecule has 4 rings (SSSR count). The van der Waals surface area contributed by atoms with Crippen LogP contribution in [0.1, 0.15) is 41.6 Å². The van der Waals surface area contributed by atoms with Gasteiger partial charge in [0.2, 0.25) is 0 Å². The van der Waals surface area contributed by atoms with E-state index in [9.17, 15) is 9.59 Å². The number of hydrogen-bond acceptors (Lipinski definition) is 4. The minimum Gasteiger partial charge on any atom is -0.455 e. The number of carbonyl (C=O) groups excluding carboxylic acids is 1. The predicted molar refractivity (Wildman–Crippen MR) is 120 cm³/mol. The zero-order valence-corrected chi connectivity index (χ0v) is 17.8. The summed E-state index contributed by atoms with van der Waals surface area (Å²) in [6, 6.07) is 15.1. The fraction of sp³-hybridized carbons (Fsp3) is 0.360. The highest BCUT2D eigenvalue weighted by Crippen LogP contribution is 2.28. The average Bonchev–Trinajstić information content (AvgIpc) is 2.76. The quantitative estimate of drug-likeness (QED) is 0.701. The lowest BCUT2D eigenvalue weighted by atomic mass is 9.89. The number of benzene rings is 2. The first-order chi connectivity index (χ1) is 14.5. The Morgan fingerprint density at radius 1 is 1.03 bits per heavy atom. The van der Waals surface area contributed by atoms with Gasteiger partial charge in [0.15, 0.2) is 11.0 Å². The Balaban J connectivity index is 1.77. The maximum atomic E-state index is 13.2. The van der Waals surface area contributed by atoms with E-state index in [1.807, 2.05) is 30.3 Å². The SMILES string of the molecule is Cc1c(-c2ccccc2)oc2c(C(=O)NC3CCCCC3N(C)C)cccc2c1=O. The molecule has 1 N–H and O–H groups in total. The molecule has 0 saturated heterocycles. The van der Waals surface area contributed by atoms with Gasteiger partial charge in [-0.15, -0.1) is 0 Å². The number of amides is 1. The van der Waals surface area contributed by atoms with E-state index in [0.29, 0.717) is 33.9 Å². The van der Waals surface area contributed by atoms with Crippen LogP contribution in [-0.2, 0) is 0 Å². The second kappa shape index (κ2) is 8.44. The van der Waals surface area contributed by atoms with Crippen molar-refractivity contribution in [1.82, 2.24) is 10.2 Å². The summed E-state index contributed by atoms with van der Waals surface area (Å²) in [4.78, 5) is 28.5. The molecule has 1 fully saturated rings. The summed E-state index contributed by atoms with van der Waals surface area (Å²) in [6.07, 6.45) is 4.31. The van der Waals surface area contributed by atoms with Crippen LogP contribution in [0, 0.1) is 6.92 Å². The third kappa shape index (κ3) is 3.77. The van der Waals surface area contributed by atoms with Crippen LogP contribution in [0.5, 0.6) is 0 Å². The number of hydrogen-bond donors (Lipinski definition) is 1. The summed E-state index contributed by atoms with van der Waals surface area (Å²) >= 11 is 0. The van der Waals surface area contributed by atoms with Gasteiger partial charge in [0.1, 0.15) is 5.76 Å². The number of rotatable bonds is 4. The van der Waals surface area contributed by atoms with E-state index >= 15 is 0 Å². The number of para-hydroxylation sites is 1.